The van der Waals surface area contributed by atoms with E-state index < -0.39 is 24.8 Å². The highest BCUT2D eigenvalue weighted by Crippen LogP contribution is 2.42. The molecule has 2 aliphatic heterocycles. The molecule has 67 heavy (non-hydrogen) atoms. The molecule has 5 heterocycles. The summed E-state index contributed by atoms with van der Waals surface area (Å²) in [4.78, 5) is 53.6. The first-order valence-electron chi connectivity index (χ1n) is 23.0. The molecule has 19 heteroatoms. The van der Waals surface area contributed by atoms with Crippen LogP contribution in [0, 0.1) is 0 Å². The molecule has 1 unspecified atom stereocenters. The van der Waals surface area contributed by atoms with Crippen LogP contribution < -0.4 is 47.3 Å². The largest absolute Gasteiger partial charge is 0.492 e. The number of piperidine rings is 2. The number of aromatic nitrogens is 4. The third-order valence-corrected chi connectivity index (χ3v) is 14.9. The van der Waals surface area contributed by atoms with Gasteiger partial charge in [-0.3, -0.25) is 24.5 Å². The van der Waals surface area contributed by atoms with E-state index in [-0.39, 0.29) is 24.3 Å². The Hall–Kier alpha value is -5.32. The number of halogens is 2. The number of amides is 2. The fraction of sp³-hybridized carbons (Fsp3) is 0.417. The molecule has 0 aliphatic carbocycles. The standard InChI is InChI=1S/C48H57BrClN10O6P/c1-6-28-25-36(56-47-53-27-33(49)45(58-47)55-35-13-12-34-32(44(35)67(4,5)64)11-10-30(7-2)54-34)40(65-8-3)26-39(28)59-23-18-31(19-24-59)52-22-21-51-20-17-29-9-14-37-43(42(29)50)66-48(63)60(37)38-15-16-41(61)57-46(38)62/h9-14,25-27,31,38,51-52H,6-8,15-24H2,1-5H3,(H,57,61,62)(H2,53,55,56,58). The number of carbonyl (C=O) groups excluding carboxylic acids is 2. The van der Waals surface area contributed by atoms with Crippen molar-refractivity contribution < 1.29 is 23.3 Å². The van der Waals surface area contributed by atoms with Gasteiger partial charge in [-0.2, -0.15) is 4.98 Å². The van der Waals surface area contributed by atoms with Gasteiger partial charge in [-0.15, -0.1) is 0 Å². The molecular formula is C48H57BrClN10O6P. The molecule has 0 radical (unpaired) electrons. The minimum atomic E-state index is -2.75. The van der Waals surface area contributed by atoms with E-state index in [1.54, 1.807) is 25.6 Å². The van der Waals surface area contributed by atoms with Crippen LogP contribution in [0.4, 0.5) is 28.8 Å². The fourth-order valence-corrected chi connectivity index (χ4v) is 11.1. The zero-order valence-corrected chi connectivity index (χ0v) is 41.7. The highest BCUT2D eigenvalue weighted by Gasteiger charge is 2.32. The Morgan fingerprint density at radius 1 is 0.925 bits per heavy atom. The normalized spacial score (nSPS) is 15.9. The summed E-state index contributed by atoms with van der Waals surface area (Å²) in [5, 5.41) is 18.3. The van der Waals surface area contributed by atoms with Crippen LogP contribution >= 0.6 is 34.7 Å². The van der Waals surface area contributed by atoms with E-state index >= 15 is 0 Å². The number of pyridine rings is 1. The average Bonchev–Trinajstić information content (AvgIpc) is 3.65. The monoisotopic (exact) mass is 1010 g/mol. The zero-order chi connectivity index (χ0) is 47.4. The van der Waals surface area contributed by atoms with Crippen LogP contribution in [-0.2, 0) is 33.4 Å². The molecule has 16 nitrogen and oxygen atoms in total. The maximum absolute atomic E-state index is 13.7. The first-order chi connectivity index (χ1) is 32.3. The van der Waals surface area contributed by atoms with Crippen LogP contribution in [0.1, 0.15) is 69.3 Å². The van der Waals surface area contributed by atoms with Crippen LogP contribution in [0.15, 0.2) is 68.4 Å². The first kappa shape index (κ1) is 48.1. The van der Waals surface area contributed by atoms with Crippen molar-refractivity contribution in [3.05, 3.63) is 91.6 Å². The number of hydrogen-bond donors (Lipinski definition) is 5. The van der Waals surface area contributed by atoms with Crippen molar-refractivity contribution in [3.8, 4) is 5.75 Å². The van der Waals surface area contributed by atoms with Gasteiger partial charge in [-0.05, 0) is 123 Å². The highest BCUT2D eigenvalue weighted by molar-refractivity contribution is 9.10. The molecule has 5 N–H and O–H groups in total. The number of imide groups is 1. The minimum Gasteiger partial charge on any atom is -0.492 e. The minimum absolute atomic E-state index is 0.149. The highest BCUT2D eigenvalue weighted by atomic mass is 79.9. The van der Waals surface area contributed by atoms with Crippen molar-refractivity contribution in [2.75, 3.05) is 68.2 Å². The molecular weight excluding hydrogens is 959 g/mol. The van der Waals surface area contributed by atoms with Crippen LogP contribution in [0.2, 0.25) is 5.02 Å². The van der Waals surface area contributed by atoms with Crippen LogP contribution in [0.5, 0.6) is 5.75 Å². The van der Waals surface area contributed by atoms with Gasteiger partial charge in [0.2, 0.25) is 17.8 Å². The van der Waals surface area contributed by atoms with Gasteiger partial charge in [0.05, 0.1) is 38.5 Å². The predicted molar refractivity (Wildman–Crippen MR) is 270 cm³/mol. The maximum Gasteiger partial charge on any atom is 0.420 e. The van der Waals surface area contributed by atoms with Gasteiger partial charge >= 0.3 is 5.76 Å². The lowest BCUT2D eigenvalue weighted by atomic mass is 10.0. The molecule has 3 aromatic carbocycles. The van der Waals surface area contributed by atoms with E-state index in [0.29, 0.717) is 63.8 Å². The van der Waals surface area contributed by atoms with E-state index in [0.717, 1.165) is 90.7 Å². The fourth-order valence-electron chi connectivity index (χ4n) is 9.00. The Kier molecular flexibility index (Phi) is 15.0. The lowest BCUT2D eigenvalue weighted by molar-refractivity contribution is -0.135. The molecule has 354 valence electrons. The van der Waals surface area contributed by atoms with Crippen molar-refractivity contribution in [2.24, 2.45) is 0 Å². The van der Waals surface area contributed by atoms with Crippen molar-refractivity contribution in [3.63, 3.8) is 0 Å². The molecule has 2 fully saturated rings. The van der Waals surface area contributed by atoms with Gasteiger partial charge in [-0.1, -0.05) is 37.6 Å². The van der Waals surface area contributed by atoms with Crippen molar-refractivity contribution >= 4 is 103 Å². The van der Waals surface area contributed by atoms with E-state index in [2.05, 4.69) is 78.4 Å². The molecule has 0 saturated carbocycles. The van der Waals surface area contributed by atoms with Crippen LogP contribution in [0.25, 0.3) is 22.0 Å². The molecule has 1 atom stereocenters. The number of benzene rings is 3. The number of ether oxygens (including phenoxy) is 1. The maximum atomic E-state index is 13.7. The Balaban J connectivity index is 0.857. The third-order valence-electron chi connectivity index (χ3n) is 12.4. The molecule has 3 aromatic heterocycles. The number of fused-ring (bicyclic) bond motifs is 2. The SMILES string of the molecule is CCOc1cc(N2CCC(NCCNCCc3ccc4c(oc(=O)n4C4CCC(=O)NC4=O)c3Cl)CC2)c(CC)cc1Nc1ncc(Br)c(Nc2ccc3nc(CC)ccc3c2P(C)(C)=O)n1. The summed E-state index contributed by atoms with van der Waals surface area (Å²) in [7, 11) is -2.75. The average molecular weight is 1020 g/mol. The second-order valence-electron chi connectivity index (χ2n) is 17.2. The second-order valence-corrected chi connectivity index (χ2v) is 21.6. The number of anilines is 5. The molecule has 8 rings (SSSR count). The van der Waals surface area contributed by atoms with Crippen LogP contribution in [0.3, 0.4) is 0 Å². The third kappa shape index (κ3) is 10.7. The summed E-state index contributed by atoms with van der Waals surface area (Å²) in [6, 6.07) is 15.3. The number of nitrogens with zero attached hydrogens (tertiary/aromatic N) is 5. The topological polar surface area (TPSA) is 198 Å². The summed E-state index contributed by atoms with van der Waals surface area (Å²) in [6.07, 6.45) is 6.33. The Labute approximate surface area is 402 Å². The Bertz CT molecular complexity index is 2930. The Morgan fingerprint density at radius 2 is 1.73 bits per heavy atom. The summed E-state index contributed by atoms with van der Waals surface area (Å²) >= 11 is 10.3. The van der Waals surface area contributed by atoms with Crippen LogP contribution in [-0.4, -0.2) is 90.0 Å². The summed E-state index contributed by atoms with van der Waals surface area (Å²) in [5.41, 5.74) is 7.13. The lowest BCUT2D eigenvalue weighted by Crippen LogP contribution is -2.44. The lowest BCUT2D eigenvalue weighted by Gasteiger charge is -2.35. The van der Waals surface area contributed by atoms with Gasteiger partial charge in [-0.25, -0.2) is 9.78 Å². The molecule has 6 aromatic rings. The van der Waals surface area contributed by atoms with E-state index in [4.69, 9.17) is 30.7 Å². The number of oxazole rings is 1. The summed E-state index contributed by atoms with van der Waals surface area (Å²) in [5.74, 6) is 0.0801. The van der Waals surface area contributed by atoms with Crippen molar-refractivity contribution in [2.45, 2.75) is 77.8 Å². The number of carbonyl (C=O) groups is 2. The molecule has 2 amide bonds. The summed E-state index contributed by atoms with van der Waals surface area (Å²) in [6.45, 7) is 14.3. The van der Waals surface area contributed by atoms with E-state index in [9.17, 15) is 18.9 Å². The predicted octanol–water partition coefficient (Wildman–Crippen LogP) is 7.98. The molecule has 2 saturated heterocycles. The van der Waals surface area contributed by atoms with E-state index in [1.165, 1.54) is 10.1 Å². The number of aryl methyl sites for hydroxylation is 2. The Morgan fingerprint density at radius 3 is 2.46 bits per heavy atom. The first-order valence-corrected chi connectivity index (χ1v) is 26.7. The smallest absolute Gasteiger partial charge is 0.420 e. The number of rotatable bonds is 18. The van der Waals surface area contributed by atoms with Gasteiger partial charge in [0, 0.05) is 73.0 Å². The van der Waals surface area contributed by atoms with Gasteiger partial charge < -0.3 is 39.9 Å². The molecule has 0 bridgehead atoms. The van der Waals surface area contributed by atoms with Gasteiger partial charge in [0.1, 0.15) is 24.8 Å². The number of hydrogen-bond acceptors (Lipinski definition) is 14. The van der Waals surface area contributed by atoms with E-state index in [1.807, 2.05) is 37.3 Å². The van der Waals surface area contributed by atoms with Crippen molar-refractivity contribution in [1.82, 2.24) is 35.5 Å². The second kappa shape index (κ2) is 20.9. The van der Waals surface area contributed by atoms with Gasteiger partial charge in [0.25, 0.3) is 0 Å². The quantitative estimate of drug-likeness (QED) is 0.0316. The zero-order valence-electron chi connectivity index (χ0n) is 38.4. The van der Waals surface area contributed by atoms with Gasteiger partial charge in [0.15, 0.2) is 5.58 Å². The number of nitrogens with one attached hydrogen (secondary N) is 5. The van der Waals surface area contributed by atoms with Crippen molar-refractivity contribution in [1.29, 1.82) is 0 Å². The molecule has 0 spiro atoms. The summed E-state index contributed by atoms with van der Waals surface area (Å²) < 4.78 is 27.4. The molecule has 2 aliphatic rings.